The van der Waals surface area contributed by atoms with Crippen molar-refractivity contribution >= 4 is 18.1 Å². The number of benzene rings is 2. The van der Waals surface area contributed by atoms with E-state index in [4.69, 9.17) is 4.74 Å². The third-order valence-corrected chi connectivity index (χ3v) is 3.08. The molecule has 2 N–H and O–H groups in total. The maximum absolute atomic E-state index is 12.1. The molecule has 0 bridgehead atoms. The van der Waals surface area contributed by atoms with Crippen LogP contribution in [-0.2, 0) is 0 Å². The summed E-state index contributed by atoms with van der Waals surface area (Å²) in [7, 11) is 1.46. The summed E-state index contributed by atoms with van der Waals surface area (Å²) in [6.45, 7) is 0. The average Bonchev–Trinajstić information content (AvgIpc) is 2.53. The topological polar surface area (TPSA) is 83.8 Å². The Kier molecular flexibility index (Phi) is 4.58. The fraction of sp³-hybridized carbons (Fsp3) is 0.0588. The molecule has 0 saturated carbocycles. The molecule has 0 amide bonds. The fourth-order valence-corrected chi connectivity index (χ4v) is 1.91. The number of aromatic hydroxyl groups is 2. The van der Waals surface area contributed by atoms with Gasteiger partial charge in [-0.25, -0.2) is 0 Å². The van der Waals surface area contributed by atoms with Gasteiger partial charge in [0.15, 0.2) is 12.1 Å². The highest BCUT2D eigenvalue weighted by Crippen LogP contribution is 2.24. The van der Waals surface area contributed by atoms with Gasteiger partial charge >= 0.3 is 0 Å². The molecule has 0 atom stereocenters. The molecule has 5 nitrogen and oxygen atoms in total. The minimum Gasteiger partial charge on any atom is -0.508 e. The van der Waals surface area contributed by atoms with Crippen LogP contribution in [0.4, 0.5) is 0 Å². The minimum absolute atomic E-state index is 0.0315. The molecule has 2 aromatic carbocycles. The summed E-state index contributed by atoms with van der Waals surface area (Å²) in [5.74, 6) is -0.165. The summed E-state index contributed by atoms with van der Waals surface area (Å²) < 4.78 is 5.01. The minimum atomic E-state index is -0.429. The zero-order chi connectivity index (χ0) is 16.1. The molecule has 0 saturated heterocycles. The Morgan fingerprint density at radius 2 is 1.86 bits per heavy atom. The van der Waals surface area contributed by atoms with E-state index in [1.54, 1.807) is 6.07 Å². The number of ketones is 1. The summed E-state index contributed by atoms with van der Waals surface area (Å²) in [4.78, 5) is 23.1. The standard InChI is InChI=1S/C17H14O5/c1-22-14-5-7-17(21)15(9-14)16(20)6-3-11-2-4-13(19)8-12(11)10-18/h2-10,19,21H,1H3. The second-order valence-corrected chi connectivity index (χ2v) is 4.51. The number of ether oxygens (including phenoxy) is 1. The van der Waals surface area contributed by atoms with Gasteiger partial charge in [-0.15, -0.1) is 0 Å². The first-order valence-electron chi connectivity index (χ1n) is 6.42. The SMILES string of the molecule is COc1ccc(O)c(C(=O)C=Cc2ccc(O)cc2C=O)c1. The number of phenols is 2. The normalized spacial score (nSPS) is 10.6. The molecule has 0 fully saturated rings. The lowest BCUT2D eigenvalue weighted by Gasteiger charge is -2.04. The molecular weight excluding hydrogens is 284 g/mol. The van der Waals surface area contributed by atoms with Crippen molar-refractivity contribution in [3.8, 4) is 17.2 Å². The second-order valence-electron chi connectivity index (χ2n) is 4.51. The number of carbonyl (C=O) groups is 2. The molecule has 22 heavy (non-hydrogen) atoms. The van der Waals surface area contributed by atoms with E-state index in [0.717, 1.165) is 0 Å². The average molecular weight is 298 g/mol. The van der Waals surface area contributed by atoms with Crippen LogP contribution in [-0.4, -0.2) is 29.4 Å². The van der Waals surface area contributed by atoms with Crippen LogP contribution >= 0.6 is 0 Å². The Hall–Kier alpha value is -3.08. The molecule has 0 radical (unpaired) electrons. The number of aldehydes is 1. The molecule has 0 aliphatic heterocycles. The third-order valence-electron chi connectivity index (χ3n) is 3.08. The smallest absolute Gasteiger partial charge is 0.189 e. The van der Waals surface area contributed by atoms with Crippen LogP contribution in [0.15, 0.2) is 42.5 Å². The van der Waals surface area contributed by atoms with Crippen LogP contribution in [0.3, 0.4) is 0 Å². The van der Waals surface area contributed by atoms with Gasteiger partial charge in [0.05, 0.1) is 12.7 Å². The molecular formula is C17H14O5. The van der Waals surface area contributed by atoms with E-state index in [2.05, 4.69) is 0 Å². The number of rotatable bonds is 5. The lowest BCUT2D eigenvalue weighted by molar-refractivity contribution is 0.104. The van der Waals surface area contributed by atoms with E-state index in [1.807, 2.05) is 0 Å². The van der Waals surface area contributed by atoms with E-state index in [-0.39, 0.29) is 22.6 Å². The van der Waals surface area contributed by atoms with Crippen LogP contribution in [0.1, 0.15) is 26.3 Å². The number of hydrogen-bond acceptors (Lipinski definition) is 5. The van der Waals surface area contributed by atoms with Gasteiger partial charge in [0, 0.05) is 5.56 Å². The molecule has 2 aromatic rings. The Morgan fingerprint density at radius 3 is 2.55 bits per heavy atom. The predicted molar refractivity (Wildman–Crippen MR) is 81.5 cm³/mol. The number of phenolic OH excluding ortho intramolecular Hbond substituents is 2. The number of allylic oxidation sites excluding steroid dienone is 1. The first-order chi connectivity index (χ1) is 10.5. The van der Waals surface area contributed by atoms with E-state index in [1.165, 1.54) is 49.6 Å². The molecule has 0 aliphatic carbocycles. The Balaban J connectivity index is 2.31. The van der Waals surface area contributed by atoms with Gasteiger partial charge in [-0.3, -0.25) is 9.59 Å². The van der Waals surface area contributed by atoms with Gasteiger partial charge in [0.1, 0.15) is 17.2 Å². The van der Waals surface area contributed by atoms with Crippen LogP contribution < -0.4 is 4.74 Å². The van der Waals surface area contributed by atoms with Crippen molar-refractivity contribution in [2.24, 2.45) is 0 Å². The summed E-state index contributed by atoms with van der Waals surface area (Å²) in [5, 5.41) is 19.1. The molecule has 2 rings (SSSR count). The van der Waals surface area contributed by atoms with E-state index < -0.39 is 5.78 Å². The zero-order valence-electron chi connectivity index (χ0n) is 11.8. The predicted octanol–water partition coefficient (Wildman–Crippen LogP) is 2.82. The molecule has 0 heterocycles. The molecule has 0 aromatic heterocycles. The quantitative estimate of drug-likeness (QED) is 0.504. The van der Waals surface area contributed by atoms with E-state index in [0.29, 0.717) is 17.6 Å². The Bertz CT molecular complexity index is 747. The molecule has 112 valence electrons. The highest BCUT2D eigenvalue weighted by molar-refractivity contribution is 6.09. The monoisotopic (exact) mass is 298 g/mol. The Morgan fingerprint density at radius 1 is 1.09 bits per heavy atom. The van der Waals surface area contributed by atoms with Crippen molar-refractivity contribution in [1.82, 2.24) is 0 Å². The molecule has 0 spiro atoms. The van der Waals surface area contributed by atoms with Crippen LogP contribution in [0.25, 0.3) is 6.08 Å². The van der Waals surface area contributed by atoms with E-state index in [9.17, 15) is 19.8 Å². The summed E-state index contributed by atoms with van der Waals surface area (Å²) >= 11 is 0. The first-order valence-corrected chi connectivity index (χ1v) is 6.42. The summed E-state index contributed by atoms with van der Waals surface area (Å²) in [5.41, 5.74) is 0.851. The molecule has 0 unspecified atom stereocenters. The second kappa shape index (κ2) is 6.58. The maximum atomic E-state index is 12.1. The number of carbonyl (C=O) groups excluding carboxylic acids is 2. The van der Waals surface area contributed by atoms with Crippen molar-refractivity contribution in [3.63, 3.8) is 0 Å². The fourth-order valence-electron chi connectivity index (χ4n) is 1.91. The maximum Gasteiger partial charge on any atom is 0.189 e. The van der Waals surface area contributed by atoms with Crippen molar-refractivity contribution in [2.75, 3.05) is 7.11 Å². The highest BCUT2D eigenvalue weighted by Gasteiger charge is 2.10. The summed E-state index contributed by atoms with van der Waals surface area (Å²) in [6.07, 6.45) is 3.28. The Labute approximate surface area is 127 Å². The van der Waals surface area contributed by atoms with Crippen LogP contribution in [0.5, 0.6) is 17.2 Å². The van der Waals surface area contributed by atoms with Gasteiger partial charge in [0.25, 0.3) is 0 Å². The van der Waals surface area contributed by atoms with Crippen molar-refractivity contribution < 1.29 is 24.5 Å². The summed E-state index contributed by atoms with van der Waals surface area (Å²) in [6, 6.07) is 8.59. The van der Waals surface area contributed by atoms with Crippen molar-refractivity contribution in [2.45, 2.75) is 0 Å². The van der Waals surface area contributed by atoms with Gasteiger partial charge in [0.2, 0.25) is 0 Å². The lowest BCUT2D eigenvalue weighted by Crippen LogP contribution is -1.96. The van der Waals surface area contributed by atoms with Gasteiger partial charge < -0.3 is 14.9 Å². The number of hydrogen-bond donors (Lipinski definition) is 2. The van der Waals surface area contributed by atoms with E-state index >= 15 is 0 Å². The van der Waals surface area contributed by atoms with Crippen molar-refractivity contribution in [1.29, 1.82) is 0 Å². The van der Waals surface area contributed by atoms with Gasteiger partial charge in [-0.1, -0.05) is 12.1 Å². The highest BCUT2D eigenvalue weighted by atomic mass is 16.5. The van der Waals surface area contributed by atoms with Gasteiger partial charge in [-0.2, -0.15) is 0 Å². The largest absolute Gasteiger partial charge is 0.508 e. The number of methoxy groups -OCH3 is 1. The first kappa shape index (κ1) is 15.3. The van der Waals surface area contributed by atoms with Crippen molar-refractivity contribution in [3.05, 3.63) is 59.2 Å². The van der Waals surface area contributed by atoms with Crippen LogP contribution in [0.2, 0.25) is 0 Å². The third kappa shape index (κ3) is 3.32. The zero-order valence-corrected chi connectivity index (χ0v) is 11.8. The lowest BCUT2D eigenvalue weighted by atomic mass is 10.0. The molecule has 5 heteroatoms. The van der Waals surface area contributed by atoms with Gasteiger partial charge in [-0.05, 0) is 42.0 Å². The van der Waals surface area contributed by atoms with Crippen LogP contribution in [0, 0.1) is 0 Å². The molecule has 0 aliphatic rings.